The van der Waals surface area contributed by atoms with Gasteiger partial charge in [0.15, 0.2) is 0 Å². The van der Waals surface area contributed by atoms with Crippen LogP contribution in [0, 0.1) is 0 Å². The van der Waals surface area contributed by atoms with Crippen molar-refractivity contribution in [2.24, 2.45) is 5.73 Å². The van der Waals surface area contributed by atoms with Crippen molar-refractivity contribution in [3.8, 4) is 0 Å². The van der Waals surface area contributed by atoms with Gasteiger partial charge < -0.3 is 16.0 Å². The number of hydrogen-bond donors (Lipinski definition) is 2. The molecule has 5 nitrogen and oxygen atoms in total. The molecule has 5 heteroatoms. The lowest BCUT2D eigenvalue weighted by atomic mass is 10.4. The van der Waals surface area contributed by atoms with Crippen molar-refractivity contribution in [2.45, 2.75) is 13.3 Å². The van der Waals surface area contributed by atoms with E-state index in [0.717, 1.165) is 0 Å². The zero-order chi connectivity index (χ0) is 10.3. The molecule has 0 saturated heterocycles. The second-order valence-electron chi connectivity index (χ2n) is 2.46. The number of primary amides is 1. The third kappa shape index (κ3) is 4.84. The lowest BCUT2D eigenvalue weighted by Gasteiger charge is -2.18. The van der Waals surface area contributed by atoms with Crippen molar-refractivity contribution in [2.75, 3.05) is 13.2 Å². The second kappa shape index (κ2) is 6.05. The molecular weight excluding hydrogens is 170 g/mol. The van der Waals surface area contributed by atoms with Gasteiger partial charge in [-0.05, 0) is 0 Å². The van der Waals surface area contributed by atoms with Crippen LogP contribution in [0.4, 0.5) is 4.79 Å². The van der Waals surface area contributed by atoms with E-state index in [1.807, 2.05) is 0 Å². The monoisotopic (exact) mass is 185 g/mol. The summed E-state index contributed by atoms with van der Waals surface area (Å²) in [5, 5.41) is 2.54. The summed E-state index contributed by atoms with van der Waals surface area (Å²) in [6.45, 7) is 5.67. The van der Waals surface area contributed by atoms with E-state index in [4.69, 9.17) is 5.73 Å². The summed E-state index contributed by atoms with van der Waals surface area (Å²) in [5.41, 5.74) is 5.04. The van der Waals surface area contributed by atoms with Gasteiger partial charge in [-0.15, -0.1) is 6.58 Å². The Kier molecular flexibility index (Phi) is 5.34. The van der Waals surface area contributed by atoms with Crippen LogP contribution in [0.1, 0.15) is 13.3 Å². The lowest BCUT2D eigenvalue weighted by Crippen LogP contribution is -2.43. The Balaban J connectivity index is 3.88. The molecule has 13 heavy (non-hydrogen) atoms. The Morgan fingerprint density at radius 3 is 2.62 bits per heavy atom. The molecule has 0 aliphatic carbocycles. The number of carbonyl (C=O) groups excluding carboxylic acids is 2. The number of nitrogens with two attached hydrogens (primary N) is 1. The molecule has 0 aromatic rings. The maximum Gasteiger partial charge on any atom is 0.316 e. The second-order valence-corrected chi connectivity index (χ2v) is 2.46. The lowest BCUT2D eigenvalue weighted by molar-refractivity contribution is -0.121. The largest absolute Gasteiger partial charge is 0.351 e. The minimum atomic E-state index is -0.573. The van der Waals surface area contributed by atoms with Gasteiger partial charge in [-0.1, -0.05) is 13.0 Å². The fourth-order valence-corrected chi connectivity index (χ4v) is 0.697. The third-order valence-corrected chi connectivity index (χ3v) is 1.45. The summed E-state index contributed by atoms with van der Waals surface area (Å²) in [5.74, 6) is -0.115. The van der Waals surface area contributed by atoms with Gasteiger partial charge in [0, 0.05) is 13.0 Å². The van der Waals surface area contributed by atoms with Crippen molar-refractivity contribution in [3.05, 3.63) is 12.7 Å². The van der Waals surface area contributed by atoms with E-state index < -0.39 is 6.03 Å². The van der Waals surface area contributed by atoms with Crippen molar-refractivity contribution >= 4 is 11.9 Å². The van der Waals surface area contributed by atoms with Gasteiger partial charge in [0.2, 0.25) is 5.91 Å². The molecule has 0 heterocycles. The number of rotatable bonds is 5. The number of urea groups is 1. The summed E-state index contributed by atoms with van der Waals surface area (Å²) in [6, 6.07) is -0.573. The highest BCUT2D eigenvalue weighted by molar-refractivity contribution is 5.76. The third-order valence-electron chi connectivity index (χ3n) is 1.45. The fraction of sp³-hybridized carbons (Fsp3) is 0.500. The van der Waals surface area contributed by atoms with E-state index in [0.29, 0.717) is 13.0 Å². The molecule has 0 bridgehead atoms. The summed E-state index contributed by atoms with van der Waals surface area (Å²) in [4.78, 5) is 22.8. The Morgan fingerprint density at radius 1 is 1.62 bits per heavy atom. The first-order valence-electron chi connectivity index (χ1n) is 4.03. The van der Waals surface area contributed by atoms with Gasteiger partial charge in [0.25, 0.3) is 0 Å². The standard InChI is InChI=1S/C8H15N3O2/c1-3-5-11(8(9)13)6-10-7(12)4-2/h3H,1,4-6H2,2H3,(H2,9,13)(H,10,12). The summed E-state index contributed by atoms with van der Waals surface area (Å²) >= 11 is 0. The average molecular weight is 185 g/mol. The van der Waals surface area contributed by atoms with Gasteiger partial charge in [0.1, 0.15) is 0 Å². The van der Waals surface area contributed by atoms with Crippen LogP contribution >= 0.6 is 0 Å². The normalized spacial score (nSPS) is 9.00. The highest BCUT2D eigenvalue weighted by Crippen LogP contribution is 1.86. The Bertz CT molecular complexity index is 204. The molecule has 0 saturated carbocycles. The van der Waals surface area contributed by atoms with E-state index in [9.17, 15) is 9.59 Å². The Labute approximate surface area is 77.6 Å². The first-order valence-corrected chi connectivity index (χ1v) is 4.03. The molecule has 3 amide bonds. The van der Waals surface area contributed by atoms with E-state index in [2.05, 4.69) is 11.9 Å². The van der Waals surface area contributed by atoms with E-state index in [-0.39, 0.29) is 12.6 Å². The van der Waals surface area contributed by atoms with Crippen molar-refractivity contribution in [1.82, 2.24) is 10.2 Å². The van der Waals surface area contributed by atoms with Gasteiger partial charge in [-0.3, -0.25) is 4.79 Å². The molecule has 0 spiro atoms. The number of amides is 3. The summed E-state index contributed by atoms with van der Waals surface area (Å²) in [6.07, 6.45) is 1.93. The number of hydrogen-bond acceptors (Lipinski definition) is 2. The predicted molar refractivity (Wildman–Crippen MR) is 49.8 cm³/mol. The van der Waals surface area contributed by atoms with Gasteiger partial charge in [-0.25, -0.2) is 4.79 Å². The van der Waals surface area contributed by atoms with Crippen molar-refractivity contribution < 1.29 is 9.59 Å². The Morgan fingerprint density at radius 2 is 2.23 bits per heavy atom. The van der Waals surface area contributed by atoms with Gasteiger partial charge >= 0.3 is 6.03 Å². The van der Waals surface area contributed by atoms with Crippen LogP contribution in [0.15, 0.2) is 12.7 Å². The van der Waals surface area contributed by atoms with Crippen LogP contribution in [0.2, 0.25) is 0 Å². The van der Waals surface area contributed by atoms with Crippen LogP contribution in [-0.4, -0.2) is 30.1 Å². The van der Waals surface area contributed by atoms with Crippen LogP contribution in [-0.2, 0) is 4.79 Å². The molecule has 0 atom stereocenters. The first-order chi connectivity index (χ1) is 6.11. The molecule has 0 rings (SSSR count). The van der Waals surface area contributed by atoms with Gasteiger partial charge in [0.05, 0.1) is 6.67 Å². The average Bonchev–Trinajstić information content (AvgIpc) is 2.11. The van der Waals surface area contributed by atoms with Crippen LogP contribution < -0.4 is 11.1 Å². The quantitative estimate of drug-likeness (QED) is 0.468. The number of nitrogens with one attached hydrogen (secondary N) is 1. The molecule has 0 unspecified atom stereocenters. The molecule has 0 fully saturated rings. The zero-order valence-corrected chi connectivity index (χ0v) is 7.75. The topological polar surface area (TPSA) is 75.4 Å². The maximum absolute atomic E-state index is 10.8. The smallest absolute Gasteiger partial charge is 0.316 e. The maximum atomic E-state index is 10.8. The van der Waals surface area contributed by atoms with Crippen LogP contribution in [0.25, 0.3) is 0 Å². The number of carbonyl (C=O) groups is 2. The molecule has 74 valence electrons. The predicted octanol–water partition coefficient (Wildman–Crippen LogP) is 0.0368. The van der Waals surface area contributed by atoms with Gasteiger partial charge in [-0.2, -0.15) is 0 Å². The molecule has 3 N–H and O–H groups in total. The van der Waals surface area contributed by atoms with Crippen molar-refractivity contribution in [3.63, 3.8) is 0 Å². The SMILES string of the molecule is C=CCN(CNC(=O)CC)C(N)=O. The molecule has 0 aromatic carbocycles. The van der Waals surface area contributed by atoms with E-state index in [1.165, 1.54) is 4.90 Å². The zero-order valence-electron chi connectivity index (χ0n) is 7.75. The van der Waals surface area contributed by atoms with Crippen molar-refractivity contribution in [1.29, 1.82) is 0 Å². The molecule has 0 aliphatic rings. The van der Waals surface area contributed by atoms with Crippen LogP contribution in [0.5, 0.6) is 0 Å². The minimum Gasteiger partial charge on any atom is -0.351 e. The molecule has 0 aliphatic heterocycles. The number of nitrogens with zero attached hydrogens (tertiary/aromatic N) is 1. The molecular formula is C8H15N3O2. The van der Waals surface area contributed by atoms with Crippen LogP contribution in [0.3, 0.4) is 0 Å². The Hall–Kier alpha value is -1.52. The summed E-state index contributed by atoms with van der Waals surface area (Å²) < 4.78 is 0. The summed E-state index contributed by atoms with van der Waals surface area (Å²) in [7, 11) is 0. The fourth-order valence-electron chi connectivity index (χ4n) is 0.697. The minimum absolute atomic E-state index is 0.115. The highest BCUT2D eigenvalue weighted by Gasteiger charge is 2.07. The highest BCUT2D eigenvalue weighted by atomic mass is 16.2. The molecule has 0 radical (unpaired) electrons. The molecule has 0 aromatic heterocycles. The van der Waals surface area contributed by atoms with E-state index >= 15 is 0 Å². The first kappa shape index (κ1) is 11.5. The van der Waals surface area contributed by atoms with E-state index in [1.54, 1.807) is 13.0 Å².